The molecule has 3 heteroatoms. The maximum absolute atomic E-state index is 9.02. The molecule has 0 fully saturated rings. The van der Waals surface area contributed by atoms with Crippen molar-refractivity contribution in [2.45, 2.75) is 13.3 Å². The van der Waals surface area contributed by atoms with Crippen molar-refractivity contribution >= 4 is 17.1 Å². The highest BCUT2D eigenvalue weighted by molar-refractivity contribution is 5.68. The molecule has 0 aliphatic rings. The van der Waals surface area contributed by atoms with E-state index in [-0.39, 0.29) is 0 Å². The van der Waals surface area contributed by atoms with Gasteiger partial charge < -0.3 is 10.6 Å². The van der Waals surface area contributed by atoms with Gasteiger partial charge in [-0.15, -0.1) is 0 Å². The highest BCUT2D eigenvalue weighted by atomic mass is 15.1. The molecule has 0 atom stereocenters. The average Bonchev–Trinajstić information content (AvgIpc) is 2.47. The molecule has 3 nitrogen and oxygen atoms in total. The number of nitriles is 1. The van der Waals surface area contributed by atoms with Gasteiger partial charge in [-0.05, 0) is 42.3 Å². The second kappa shape index (κ2) is 5.45. The minimum Gasteiger partial charge on any atom is -0.398 e. The summed E-state index contributed by atoms with van der Waals surface area (Å²) >= 11 is 0. The summed E-state index contributed by atoms with van der Waals surface area (Å²) in [5.41, 5.74) is 10.1. The molecule has 96 valence electrons. The SMILES string of the molecule is CCc1ccc(N(C)c2ccc(N)c(C#N)c2)cc1. The van der Waals surface area contributed by atoms with Crippen LogP contribution in [0.1, 0.15) is 18.1 Å². The predicted molar refractivity (Wildman–Crippen MR) is 79.5 cm³/mol. The Kier molecular flexibility index (Phi) is 3.72. The number of rotatable bonds is 3. The molecule has 0 radical (unpaired) electrons. The average molecular weight is 251 g/mol. The van der Waals surface area contributed by atoms with Crippen molar-refractivity contribution in [1.82, 2.24) is 0 Å². The smallest absolute Gasteiger partial charge is 0.101 e. The third kappa shape index (κ3) is 2.69. The van der Waals surface area contributed by atoms with E-state index in [0.29, 0.717) is 11.3 Å². The summed E-state index contributed by atoms with van der Waals surface area (Å²) in [6.07, 6.45) is 1.03. The van der Waals surface area contributed by atoms with Crippen LogP contribution in [-0.2, 0) is 6.42 Å². The van der Waals surface area contributed by atoms with Crippen molar-refractivity contribution in [2.24, 2.45) is 0 Å². The first kappa shape index (κ1) is 13.0. The second-order valence-corrected chi connectivity index (χ2v) is 4.46. The molecule has 0 heterocycles. The summed E-state index contributed by atoms with van der Waals surface area (Å²) in [4.78, 5) is 2.04. The molecule has 2 N–H and O–H groups in total. The summed E-state index contributed by atoms with van der Waals surface area (Å²) in [6, 6.07) is 16.0. The van der Waals surface area contributed by atoms with Crippen LogP contribution in [0.5, 0.6) is 0 Å². The molecule has 0 unspecified atom stereocenters. The van der Waals surface area contributed by atoms with E-state index >= 15 is 0 Å². The Morgan fingerprint density at radius 2 is 1.74 bits per heavy atom. The third-order valence-electron chi connectivity index (χ3n) is 3.28. The number of benzene rings is 2. The van der Waals surface area contributed by atoms with Crippen molar-refractivity contribution < 1.29 is 0 Å². The highest BCUT2D eigenvalue weighted by Crippen LogP contribution is 2.26. The zero-order chi connectivity index (χ0) is 13.8. The van der Waals surface area contributed by atoms with Gasteiger partial charge in [0.05, 0.1) is 5.56 Å². The Morgan fingerprint density at radius 1 is 1.11 bits per heavy atom. The van der Waals surface area contributed by atoms with Crippen LogP contribution >= 0.6 is 0 Å². The van der Waals surface area contributed by atoms with Gasteiger partial charge in [-0.2, -0.15) is 5.26 Å². The second-order valence-electron chi connectivity index (χ2n) is 4.46. The molecular weight excluding hydrogens is 234 g/mol. The van der Waals surface area contributed by atoms with Crippen LogP contribution in [0.2, 0.25) is 0 Å². The fourth-order valence-corrected chi connectivity index (χ4v) is 1.95. The first-order valence-electron chi connectivity index (χ1n) is 6.28. The Morgan fingerprint density at radius 3 is 2.32 bits per heavy atom. The lowest BCUT2D eigenvalue weighted by Gasteiger charge is -2.20. The van der Waals surface area contributed by atoms with Crippen molar-refractivity contribution in [3.05, 3.63) is 53.6 Å². The van der Waals surface area contributed by atoms with E-state index in [1.54, 1.807) is 6.07 Å². The molecule has 2 rings (SSSR count). The van der Waals surface area contributed by atoms with Crippen LogP contribution in [0.3, 0.4) is 0 Å². The summed E-state index contributed by atoms with van der Waals surface area (Å²) in [5, 5.41) is 9.02. The van der Waals surface area contributed by atoms with Crippen molar-refractivity contribution in [1.29, 1.82) is 5.26 Å². The molecular formula is C16H17N3. The van der Waals surface area contributed by atoms with Gasteiger partial charge in [0, 0.05) is 24.1 Å². The lowest BCUT2D eigenvalue weighted by Crippen LogP contribution is -2.09. The fourth-order valence-electron chi connectivity index (χ4n) is 1.95. The number of hydrogen-bond donors (Lipinski definition) is 1. The van der Waals surface area contributed by atoms with E-state index in [4.69, 9.17) is 11.0 Å². The molecule has 0 aliphatic carbocycles. The van der Waals surface area contributed by atoms with Crippen molar-refractivity contribution in [2.75, 3.05) is 17.7 Å². The summed E-state index contributed by atoms with van der Waals surface area (Å²) < 4.78 is 0. The van der Waals surface area contributed by atoms with Crippen molar-refractivity contribution in [3.8, 4) is 6.07 Å². The molecule has 0 saturated carbocycles. The molecule has 0 saturated heterocycles. The van der Waals surface area contributed by atoms with Gasteiger partial charge in [0.1, 0.15) is 6.07 Å². The van der Waals surface area contributed by atoms with E-state index in [1.807, 2.05) is 24.1 Å². The molecule has 19 heavy (non-hydrogen) atoms. The van der Waals surface area contributed by atoms with Gasteiger partial charge in [0.15, 0.2) is 0 Å². The van der Waals surface area contributed by atoms with Crippen molar-refractivity contribution in [3.63, 3.8) is 0 Å². The number of nitrogen functional groups attached to an aromatic ring is 1. The normalized spacial score (nSPS) is 9.95. The Balaban J connectivity index is 2.32. The molecule has 2 aromatic carbocycles. The highest BCUT2D eigenvalue weighted by Gasteiger charge is 2.06. The lowest BCUT2D eigenvalue weighted by molar-refractivity contribution is 1.13. The Bertz CT molecular complexity index is 609. The van der Waals surface area contributed by atoms with E-state index in [0.717, 1.165) is 17.8 Å². The van der Waals surface area contributed by atoms with Crippen LogP contribution in [-0.4, -0.2) is 7.05 Å². The monoisotopic (exact) mass is 251 g/mol. The van der Waals surface area contributed by atoms with Gasteiger partial charge in [0.2, 0.25) is 0 Å². The first-order valence-corrected chi connectivity index (χ1v) is 6.28. The van der Waals surface area contributed by atoms with Crippen LogP contribution in [0.4, 0.5) is 17.1 Å². The van der Waals surface area contributed by atoms with Gasteiger partial charge in [-0.3, -0.25) is 0 Å². The van der Waals surface area contributed by atoms with E-state index < -0.39 is 0 Å². The topological polar surface area (TPSA) is 53.0 Å². The minimum atomic E-state index is 0.509. The lowest BCUT2D eigenvalue weighted by atomic mass is 10.1. The zero-order valence-corrected chi connectivity index (χ0v) is 11.2. The number of nitrogens with zero attached hydrogens (tertiary/aromatic N) is 2. The third-order valence-corrected chi connectivity index (χ3v) is 3.28. The zero-order valence-electron chi connectivity index (χ0n) is 11.2. The number of nitrogens with two attached hydrogens (primary N) is 1. The predicted octanol–water partition coefficient (Wildman–Crippen LogP) is 3.47. The maximum Gasteiger partial charge on any atom is 0.101 e. The van der Waals surface area contributed by atoms with E-state index in [2.05, 4.69) is 37.3 Å². The molecule has 0 spiro atoms. The summed E-state index contributed by atoms with van der Waals surface area (Å²) in [6.45, 7) is 2.14. The van der Waals surface area contributed by atoms with E-state index in [9.17, 15) is 0 Å². The maximum atomic E-state index is 9.02. The summed E-state index contributed by atoms with van der Waals surface area (Å²) in [7, 11) is 1.98. The van der Waals surface area contributed by atoms with Gasteiger partial charge >= 0.3 is 0 Å². The van der Waals surface area contributed by atoms with E-state index in [1.165, 1.54) is 5.56 Å². The minimum absolute atomic E-state index is 0.509. The molecule has 0 amide bonds. The quantitative estimate of drug-likeness (QED) is 0.850. The number of hydrogen-bond acceptors (Lipinski definition) is 3. The molecule has 2 aromatic rings. The fraction of sp³-hybridized carbons (Fsp3) is 0.188. The number of aryl methyl sites for hydroxylation is 1. The van der Waals surface area contributed by atoms with Crippen LogP contribution in [0.25, 0.3) is 0 Å². The van der Waals surface area contributed by atoms with Crippen LogP contribution in [0, 0.1) is 11.3 Å². The first-order chi connectivity index (χ1) is 9.15. The van der Waals surface area contributed by atoms with Crippen LogP contribution in [0.15, 0.2) is 42.5 Å². The number of anilines is 3. The van der Waals surface area contributed by atoms with Gasteiger partial charge in [-0.25, -0.2) is 0 Å². The molecule has 0 bridgehead atoms. The Hall–Kier alpha value is -2.47. The standard InChI is InChI=1S/C16H17N3/c1-3-12-4-6-14(7-5-12)19(2)15-8-9-16(18)13(10-15)11-17/h4-10H,3,18H2,1-2H3. The largest absolute Gasteiger partial charge is 0.398 e. The van der Waals surface area contributed by atoms with Gasteiger partial charge in [0.25, 0.3) is 0 Å². The Labute approximate surface area is 113 Å². The van der Waals surface area contributed by atoms with Crippen LogP contribution < -0.4 is 10.6 Å². The molecule has 0 aromatic heterocycles. The summed E-state index contributed by atoms with van der Waals surface area (Å²) in [5.74, 6) is 0. The van der Waals surface area contributed by atoms with Gasteiger partial charge in [-0.1, -0.05) is 19.1 Å². The molecule has 0 aliphatic heterocycles.